The van der Waals surface area contributed by atoms with Crippen LogP contribution in [-0.2, 0) is 23.2 Å². The maximum Gasteiger partial charge on any atom is 0.289 e. The Hall–Kier alpha value is -10.1. The van der Waals surface area contributed by atoms with Crippen LogP contribution in [0.15, 0.2) is 148 Å². The van der Waals surface area contributed by atoms with Crippen molar-refractivity contribution in [1.29, 1.82) is 0 Å². The Morgan fingerprint density at radius 3 is 2.41 bits per heavy atom. The molecule has 2 amide bonds. The van der Waals surface area contributed by atoms with E-state index in [2.05, 4.69) is 70.4 Å². The predicted molar refractivity (Wildman–Crippen MR) is 301 cm³/mol. The van der Waals surface area contributed by atoms with Gasteiger partial charge in [0.1, 0.15) is 59.6 Å². The molecular weight excluding hydrogens is 1010 g/mol. The highest BCUT2D eigenvalue weighted by atomic mass is 16.5. The van der Waals surface area contributed by atoms with E-state index in [1.807, 2.05) is 109 Å². The smallest absolute Gasteiger partial charge is 0.289 e. The Balaban J connectivity index is 0.840. The number of pyridine rings is 3. The zero-order valence-corrected chi connectivity index (χ0v) is 44.1. The Morgan fingerprint density at radius 1 is 0.762 bits per heavy atom. The lowest BCUT2D eigenvalue weighted by atomic mass is 9.73. The fourth-order valence-electron chi connectivity index (χ4n) is 11.1. The molecule has 3 aromatic carbocycles. The number of ether oxygens (including phenoxy) is 3. The maximum absolute atomic E-state index is 12.7. The number of nitrogens with one attached hydrogen (secondary N) is 2. The molecule has 21 nitrogen and oxygen atoms in total. The summed E-state index contributed by atoms with van der Waals surface area (Å²) in [7, 11) is 1.96. The molecule has 10 aromatic rings. The summed E-state index contributed by atoms with van der Waals surface area (Å²) in [6.45, 7) is 13.7. The first-order valence-electron chi connectivity index (χ1n) is 26.4. The monoisotopic (exact) mass is 1070 g/mol. The molecule has 7 aromatic heterocycles. The summed E-state index contributed by atoms with van der Waals surface area (Å²) < 4.78 is 25.1. The average molecular weight is 1070 g/mol. The number of benzene rings is 3. The van der Waals surface area contributed by atoms with Gasteiger partial charge in [0.25, 0.3) is 12.1 Å². The van der Waals surface area contributed by atoms with Crippen molar-refractivity contribution in [3.05, 3.63) is 159 Å². The topological polar surface area (TPSA) is 212 Å². The first-order valence-corrected chi connectivity index (χ1v) is 26.4. The molecule has 0 aliphatic carbocycles. The van der Waals surface area contributed by atoms with Gasteiger partial charge in [-0.3, -0.25) is 9.59 Å². The fourth-order valence-corrected chi connectivity index (χ4v) is 11.1. The number of hydrogen-bond donors (Lipinski definition) is 2. The van der Waals surface area contributed by atoms with Crippen molar-refractivity contribution in [1.82, 2.24) is 58.9 Å². The Morgan fingerprint density at radius 2 is 1.56 bits per heavy atom. The van der Waals surface area contributed by atoms with Gasteiger partial charge in [-0.05, 0) is 115 Å². The second-order valence-electron chi connectivity index (χ2n) is 20.6. The number of hydrogen-bond acceptors (Lipinski definition) is 16. The highest BCUT2D eigenvalue weighted by Gasteiger charge is 2.47. The van der Waals surface area contributed by atoms with Crippen molar-refractivity contribution in [3.8, 4) is 28.9 Å². The van der Waals surface area contributed by atoms with Gasteiger partial charge in [0, 0.05) is 92.9 Å². The van der Waals surface area contributed by atoms with Crippen LogP contribution in [0.4, 0.5) is 28.8 Å². The molecule has 3 fully saturated rings. The molecule has 2 N–H and O–H groups in total. The van der Waals surface area contributed by atoms with E-state index in [0.717, 1.165) is 77.3 Å². The van der Waals surface area contributed by atoms with Crippen LogP contribution in [-0.4, -0.2) is 116 Å². The van der Waals surface area contributed by atoms with Crippen LogP contribution in [0.3, 0.4) is 0 Å². The zero-order chi connectivity index (χ0) is 54.5. The van der Waals surface area contributed by atoms with E-state index in [0.29, 0.717) is 95.3 Å². The second-order valence-corrected chi connectivity index (χ2v) is 20.6. The highest BCUT2D eigenvalue weighted by molar-refractivity contribution is 5.89. The van der Waals surface area contributed by atoms with Gasteiger partial charge in [-0.15, -0.1) is 0 Å². The van der Waals surface area contributed by atoms with Crippen molar-refractivity contribution in [2.75, 3.05) is 54.8 Å². The predicted octanol–water partition coefficient (Wildman–Crippen LogP) is 8.39. The summed E-state index contributed by atoms with van der Waals surface area (Å²) in [5, 5.41) is 11.3. The van der Waals surface area contributed by atoms with E-state index in [-0.39, 0.29) is 23.3 Å². The zero-order valence-electron chi connectivity index (χ0n) is 44.1. The SMILES string of the molecule is C=CC(=O)N1CCC(Oc2ccc3ncnc(Nc4ccc(Oc5ccc6c(c5)ncn6C)c(C[n+]5cnc(Nc6ccc(Oc7ccn8ncnc8c7)c(C)c6)c6nc(N7CC8(CCCN(C(=O)C=C)C8)C7)ccc65)c4)c3n2)C1. The molecule has 10 heterocycles. The molecule has 1 unspecified atom stereocenters. The lowest BCUT2D eigenvalue weighted by molar-refractivity contribution is -0.665. The van der Waals surface area contributed by atoms with Crippen molar-refractivity contribution >= 4 is 79.4 Å². The van der Waals surface area contributed by atoms with E-state index in [1.165, 1.54) is 24.8 Å². The average Bonchev–Trinajstić information content (AvgIpc) is 4.25. The normalized spacial score (nSPS) is 15.8. The van der Waals surface area contributed by atoms with Crippen LogP contribution < -0.4 is 34.3 Å². The summed E-state index contributed by atoms with van der Waals surface area (Å²) >= 11 is 0. The molecule has 21 heteroatoms. The van der Waals surface area contributed by atoms with Crippen LogP contribution in [0.1, 0.15) is 30.4 Å². The van der Waals surface area contributed by atoms with Gasteiger partial charge in [-0.25, -0.2) is 39.0 Å². The van der Waals surface area contributed by atoms with Crippen molar-refractivity contribution in [3.63, 3.8) is 0 Å². The standard InChI is InChI=1S/C59H54N16O5/c1-5-53(76)71-22-18-43(29-71)80-52-17-11-44-55(69-52)57(62-33-60-44)67-40-9-15-49(79-41-10-12-46-45(26-41)63-35-70(46)4)38(25-40)28-73-36-64-58(66-39-8-14-48(37(3)24-39)78-42-19-23-75-51(27-42)61-34-65-75)56-47(73)13-16-50(68-56)74-31-59(32-74)20-7-21-72(30-59)54(77)6-2/h5-6,8-17,19,23-27,33-36,43H,1-2,7,18,20-22,28-32H2,3-4H3,(H,60,62,67)/p+1. The maximum atomic E-state index is 12.7. The fraction of sp³-hybridized carbons (Fsp3) is 0.237. The number of aromatic nitrogens is 11. The minimum Gasteiger partial charge on any atom is -0.472 e. The van der Waals surface area contributed by atoms with Gasteiger partial charge in [0.05, 0.1) is 29.4 Å². The molecular formula is C59H55N16O5+. The van der Waals surface area contributed by atoms with E-state index in [9.17, 15) is 9.59 Å². The number of fused-ring (bicyclic) bond motifs is 4. The number of carbonyl (C=O) groups is 2. The lowest BCUT2D eigenvalue weighted by Gasteiger charge is -2.55. The molecule has 0 radical (unpaired) electrons. The molecule has 1 atom stereocenters. The summed E-state index contributed by atoms with van der Waals surface area (Å²) in [6, 6.07) is 29.2. The molecule has 3 saturated heterocycles. The molecule has 3 aliphatic heterocycles. The van der Waals surface area contributed by atoms with E-state index < -0.39 is 0 Å². The molecule has 13 rings (SSSR count). The Bertz CT molecular complexity index is 4100. The highest BCUT2D eigenvalue weighted by Crippen LogP contribution is 2.42. The van der Waals surface area contributed by atoms with Crippen LogP contribution >= 0.6 is 0 Å². The minimum absolute atomic E-state index is 0.0151. The third kappa shape index (κ3) is 9.73. The number of imidazole rings is 1. The number of amides is 2. The van der Waals surface area contributed by atoms with Gasteiger partial charge in [0.2, 0.25) is 17.7 Å². The molecule has 3 aliphatic rings. The van der Waals surface area contributed by atoms with Crippen molar-refractivity contribution in [2.45, 2.75) is 38.8 Å². The largest absolute Gasteiger partial charge is 0.472 e. The lowest BCUT2D eigenvalue weighted by Crippen LogP contribution is -2.63. The third-order valence-electron chi connectivity index (χ3n) is 15.1. The first kappa shape index (κ1) is 49.5. The molecule has 0 saturated carbocycles. The number of aryl methyl sites for hydroxylation is 2. The molecule has 400 valence electrons. The number of piperidine rings is 1. The number of anilines is 5. The Kier molecular flexibility index (Phi) is 12.6. The summed E-state index contributed by atoms with van der Waals surface area (Å²) in [4.78, 5) is 64.3. The van der Waals surface area contributed by atoms with Gasteiger partial charge in [-0.2, -0.15) is 5.10 Å². The molecule has 0 bridgehead atoms. The van der Waals surface area contributed by atoms with Crippen molar-refractivity contribution < 1.29 is 28.4 Å². The summed E-state index contributed by atoms with van der Waals surface area (Å²) in [5.74, 6) is 4.69. The molecule has 1 spiro atoms. The van der Waals surface area contributed by atoms with Crippen molar-refractivity contribution in [2.24, 2.45) is 12.5 Å². The van der Waals surface area contributed by atoms with Crippen LogP contribution in [0.2, 0.25) is 0 Å². The molecule has 80 heavy (non-hydrogen) atoms. The van der Waals surface area contributed by atoms with Crippen LogP contribution in [0.5, 0.6) is 28.9 Å². The van der Waals surface area contributed by atoms with E-state index >= 15 is 0 Å². The minimum atomic E-state index is -0.218. The van der Waals surface area contributed by atoms with Gasteiger partial charge < -0.3 is 44.1 Å². The summed E-state index contributed by atoms with van der Waals surface area (Å²) in [6.07, 6.45) is 13.6. The van der Waals surface area contributed by atoms with Crippen LogP contribution in [0.25, 0.3) is 38.7 Å². The van der Waals surface area contributed by atoms with Gasteiger partial charge in [-0.1, -0.05) is 13.2 Å². The Labute approximate surface area is 458 Å². The number of likely N-dealkylation sites (tertiary alicyclic amines) is 2. The van der Waals surface area contributed by atoms with Crippen LogP contribution in [0, 0.1) is 12.3 Å². The number of nitrogens with zero attached hydrogens (tertiary/aromatic N) is 14. The van der Waals surface area contributed by atoms with Gasteiger partial charge >= 0.3 is 0 Å². The quantitative estimate of drug-likeness (QED) is 0.0729. The number of carbonyl (C=O) groups excluding carboxylic acids is 2. The van der Waals surface area contributed by atoms with Gasteiger partial charge in [0.15, 0.2) is 22.5 Å². The number of rotatable bonds is 15. The van der Waals surface area contributed by atoms with E-state index in [4.69, 9.17) is 29.2 Å². The van der Waals surface area contributed by atoms with E-state index in [1.54, 1.807) is 21.8 Å². The summed E-state index contributed by atoms with van der Waals surface area (Å²) in [5.41, 5.74) is 8.32. The third-order valence-corrected chi connectivity index (χ3v) is 15.1. The first-order chi connectivity index (χ1) is 39.0. The second kappa shape index (κ2) is 20.4.